The highest BCUT2D eigenvalue weighted by atomic mass is 19.1. The fourth-order valence-corrected chi connectivity index (χ4v) is 3.91. The standard InChI is InChI=1S/C22H17F2N3O2/c23-20-14(4-3-10-26-20)13-7-8-18-16(12-13)22(15-5-1-2-6-17(15)29-18)21(24)28-11-9-19(25)27-22/h1-8,10,12,21H,9,11H2,(H2,25,27). The van der Waals surface area contributed by atoms with E-state index in [1.165, 1.54) is 6.20 Å². The molecule has 0 saturated heterocycles. The van der Waals surface area contributed by atoms with Crippen LogP contribution in [0.15, 0.2) is 65.8 Å². The SMILES string of the molecule is NC1=NC2(c3ccccc3Oc3ccc(-c4cccnc4F)cc32)C(F)OCC1. The van der Waals surface area contributed by atoms with E-state index in [0.29, 0.717) is 40.2 Å². The van der Waals surface area contributed by atoms with Crippen LogP contribution >= 0.6 is 0 Å². The van der Waals surface area contributed by atoms with Gasteiger partial charge in [-0.2, -0.15) is 4.39 Å². The van der Waals surface area contributed by atoms with Gasteiger partial charge in [-0.25, -0.2) is 9.37 Å². The summed E-state index contributed by atoms with van der Waals surface area (Å²) in [6.45, 7) is 0.119. The Morgan fingerprint density at radius 1 is 1.03 bits per heavy atom. The first-order valence-electron chi connectivity index (χ1n) is 9.22. The van der Waals surface area contributed by atoms with E-state index in [1.54, 1.807) is 54.6 Å². The number of halogens is 2. The summed E-state index contributed by atoms with van der Waals surface area (Å²) in [5.74, 6) is 0.563. The van der Waals surface area contributed by atoms with Crippen LogP contribution in [0.25, 0.3) is 11.1 Å². The molecule has 0 saturated carbocycles. The maximum Gasteiger partial charge on any atom is 0.233 e. The number of aromatic nitrogens is 1. The average molecular weight is 393 g/mol. The topological polar surface area (TPSA) is 69.7 Å². The monoisotopic (exact) mass is 393 g/mol. The molecule has 3 heterocycles. The van der Waals surface area contributed by atoms with Crippen molar-refractivity contribution < 1.29 is 18.3 Å². The Morgan fingerprint density at radius 3 is 2.72 bits per heavy atom. The van der Waals surface area contributed by atoms with E-state index in [1.807, 2.05) is 0 Å². The second-order valence-corrected chi connectivity index (χ2v) is 6.96. The molecule has 2 N–H and O–H groups in total. The van der Waals surface area contributed by atoms with Gasteiger partial charge in [0.15, 0.2) is 5.54 Å². The van der Waals surface area contributed by atoms with Crippen molar-refractivity contribution >= 4 is 5.84 Å². The Bertz CT molecular complexity index is 1130. The Balaban J connectivity index is 1.81. The Hall–Kier alpha value is -3.32. The van der Waals surface area contributed by atoms with E-state index >= 15 is 4.39 Å². The summed E-state index contributed by atoms with van der Waals surface area (Å²) >= 11 is 0. The summed E-state index contributed by atoms with van der Waals surface area (Å²) < 4.78 is 41.4. The summed E-state index contributed by atoms with van der Waals surface area (Å²) in [6, 6.07) is 15.4. The first-order valence-corrected chi connectivity index (χ1v) is 9.22. The van der Waals surface area contributed by atoms with Gasteiger partial charge in [0, 0.05) is 29.3 Å². The number of aliphatic imine (C=N–C) groups is 1. The van der Waals surface area contributed by atoms with Gasteiger partial charge in [-0.15, -0.1) is 0 Å². The quantitative estimate of drug-likeness (QED) is 0.626. The molecule has 0 radical (unpaired) electrons. The highest BCUT2D eigenvalue weighted by Crippen LogP contribution is 2.53. The molecule has 29 heavy (non-hydrogen) atoms. The number of nitrogens with zero attached hydrogens (tertiary/aromatic N) is 2. The molecule has 2 aromatic carbocycles. The van der Waals surface area contributed by atoms with Crippen molar-refractivity contribution in [2.75, 3.05) is 6.61 Å². The lowest BCUT2D eigenvalue weighted by Gasteiger charge is -2.38. The highest BCUT2D eigenvalue weighted by Gasteiger charge is 2.51. The van der Waals surface area contributed by atoms with Crippen molar-refractivity contribution in [1.82, 2.24) is 4.98 Å². The molecule has 146 valence electrons. The lowest BCUT2D eigenvalue weighted by atomic mass is 9.79. The first kappa shape index (κ1) is 17.8. The molecular weight excluding hydrogens is 376 g/mol. The van der Waals surface area contributed by atoms with Crippen molar-refractivity contribution in [3.63, 3.8) is 0 Å². The number of ether oxygens (including phenoxy) is 2. The third-order valence-electron chi connectivity index (χ3n) is 5.25. The number of alkyl halides is 1. The number of para-hydroxylation sites is 1. The molecule has 0 aliphatic carbocycles. The van der Waals surface area contributed by atoms with Gasteiger partial charge in [-0.1, -0.05) is 24.3 Å². The third-order valence-corrected chi connectivity index (χ3v) is 5.25. The van der Waals surface area contributed by atoms with Gasteiger partial charge < -0.3 is 15.2 Å². The summed E-state index contributed by atoms with van der Waals surface area (Å²) in [5, 5.41) is 0. The number of rotatable bonds is 1. The average Bonchev–Trinajstić information content (AvgIpc) is 2.87. The second kappa shape index (κ2) is 6.63. The van der Waals surface area contributed by atoms with Gasteiger partial charge in [0.05, 0.1) is 12.4 Å². The minimum absolute atomic E-state index is 0.119. The third kappa shape index (κ3) is 2.69. The van der Waals surface area contributed by atoms with Crippen LogP contribution in [0.1, 0.15) is 17.5 Å². The maximum absolute atomic E-state index is 15.6. The Labute approximate surface area is 165 Å². The summed E-state index contributed by atoms with van der Waals surface area (Å²) in [5.41, 5.74) is 6.30. The van der Waals surface area contributed by atoms with E-state index in [2.05, 4.69) is 9.98 Å². The van der Waals surface area contributed by atoms with Crippen LogP contribution in [0.4, 0.5) is 8.78 Å². The number of fused-ring (bicyclic) bond motifs is 4. The zero-order valence-electron chi connectivity index (χ0n) is 15.3. The van der Waals surface area contributed by atoms with Crippen LogP contribution < -0.4 is 10.5 Å². The van der Waals surface area contributed by atoms with Gasteiger partial charge >= 0.3 is 0 Å². The highest BCUT2D eigenvalue weighted by molar-refractivity contribution is 5.82. The summed E-state index contributed by atoms with van der Waals surface area (Å²) in [4.78, 5) is 8.30. The number of benzene rings is 2. The van der Waals surface area contributed by atoms with Crippen molar-refractivity contribution in [2.24, 2.45) is 10.7 Å². The number of hydrogen-bond acceptors (Lipinski definition) is 5. The molecule has 7 heteroatoms. The van der Waals surface area contributed by atoms with Crippen LogP contribution in [-0.4, -0.2) is 23.8 Å². The number of pyridine rings is 1. The molecule has 3 aromatic rings. The van der Waals surface area contributed by atoms with Crippen molar-refractivity contribution in [3.8, 4) is 22.6 Å². The molecular formula is C22H17F2N3O2. The fraction of sp³-hybridized carbons (Fsp3) is 0.182. The molecule has 2 aliphatic heterocycles. The van der Waals surface area contributed by atoms with Gasteiger partial charge in [-0.05, 0) is 35.9 Å². The molecule has 1 spiro atoms. The zero-order valence-corrected chi connectivity index (χ0v) is 15.3. The first-order chi connectivity index (χ1) is 14.1. The summed E-state index contributed by atoms with van der Waals surface area (Å²) in [7, 11) is 0. The van der Waals surface area contributed by atoms with E-state index in [0.717, 1.165) is 0 Å². The lowest BCUT2D eigenvalue weighted by molar-refractivity contribution is -0.0736. The minimum Gasteiger partial charge on any atom is -0.457 e. The lowest BCUT2D eigenvalue weighted by Crippen LogP contribution is -2.40. The molecule has 5 rings (SSSR count). The van der Waals surface area contributed by atoms with E-state index < -0.39 is 17.8 Å². The summed E-state index contributed by atoms with van der Waals surface area (Å²) in [6.07, 6.45) is -0.0987. The number of amidine groups is 1. The predicted octanol–water partition coefficient (Wildman–Crippen LogP) is 4.31. The van der Waals surface area contributed by atoms with Gasteiger partial charge in [0.25, 0.3) is 0 Å². The van der Waals surface area contributed by atoms with Crippen molar-refractivity contribution in [2.45, 2.75) is 18.3 Å². The number of nitrogens with two attached hydrogens (primary N) is 1. The van der Waals surface area contributed by atoms with Crippen LogP contribution in [0.2, 0.25) is 0 Å². The normalized spacial score (nSPS) is 22.8. The largest absolute Gasteiger partial charge is 0.457 e. The van der Waals surface area contributed by atoms with Crippen LogP contribution in [0.3, 0.4) is 0 Å². The minimum atomic E-state index is -1.79. The van der Waals surface area contributed by atoms with Gasteiger partial charge in [0.2, 0.25) is 12.3 Å². The Morgan fingerprint density at radius 2 is 1.86 bits per heavy atom. The van der Waals surface area contributed by atoms with Gasteiger partial charge in [-0.3, -0.25) is 4.99 Å². The van der Waals surface area contributed by atoms with Crippen LogP contribution in [0, 0.1) is 5.95 Å². The Kier molecular flexibility index (Phi) is 4.06. The molecule has 0 amide bonds. The molecule has 2 aliphatic rings. The molecule has 5 nitrogen and oxygen atoms in total. The molecule has 0 bridgehead atoms. The van der Waals surface area contributed by atoms with Crippen molar-refractivity contribution in [3.05, 3.63) is 77.9 Å². The van der Waals surface area contributed by atoms with E-state index in [9.17, 15) is 4.39 Å². The second-order valence-electron chi connectivity index (χ2n) is 6.96. The zero-order chi connectivity index (χ0) is 20.0. The number of hydrogen-bond donors (Lipinski definition) is 1. The predicted molar refractivity (Wildman–Crippen MR) is 104 cm³/mol. The molecule has 2 unspecified atom stereocenters. The molecule has 2 atom stereocenters. The van der Waals surface area contributed by atoms with Gasteiger partial charge in [0.1, 0.15) is 11.5 Å². The van der Waals surface area contributed by atoms with E-state index in [4.69, 9.17) is 15.2 Å². The molecule has 1 aromatic heterocycles. The smallest absolute Gasteiger partial charge is 0.233 e. The van der Waals surface area contributed by atoms with E-state index in [-0.39, 0.29) is 12.4 Å². The van der Waals surface area contributed by atoms with Crippen LogP contribution in [-0.2, 0) is 10.3 Å². The molecule has 0 fully saturated rings. The van der Waals surface area contributed by atoms with Crippen molar-refractivity contribution in [1.29, 1.82) is 0 Å². The van der Waals surface area contributed by atoms with Crippen LogP contribution in [0.5, 0.6) is 11.5 Å². The fourth-order valence-electron chi connectivity index (χ4n) is 3.91. The maximum atomic E-state index is 15.6.